The van der Waals surface area contributed by atoms with E-state index in [-0.39, 0.29) is 30.2 Å². The molecule has 0 aliphatic heterocycles. The van der Waals surface area contributed by atoms with E-state index in [0.717, 1.165) is 6.42 Å². The first-order valence-electron chi connectivity index (χ1n) is 13.0. The molecule has 0 nitrogen and oxygen atoms in total. The molecular weight excluding hydrogens is 595 g/mol. The number of benzene rings is 4. The van der Waals surface area contributed by atoms with Crippen LogP contribution in [0.4, 0.5) is 0 Å². The molecule has 0 N–H and O–H groups in total. The summed E-state index contributed by atoms with van der Waals surface area (Å²) in [7, 11) is 0. The Labute approximate surface area is 261 Å². The van der Waals surface area contributed by atoms with Crippen LogP contribution in [-0.2, 0) is 30.7 Å². The van der Waals surface area contributed by atoms with E-state index in [0.29, 0.717) is 5.92 Å². The molecule has 0 saturated heterocycles. The van der Waals surface area contributed by atoms with Crippen LogP contribution in [0, 0.1) is 11.5 Å². The van der Waals surface area contributed by atoms with E-state index in [1.807, 2.05) is 0 Å². The molecule has 4 aromatic rings. The molecule has 0 radical (unpaired) electrons. The van der Waals surface area contributed by atoms with E-state index in [9.17, 15) is 0 Å². The summed E-state index contributed by atoms with van der Waals surface area (Å²) in [5, 5.41) is 0. The van der Waals surface area contributed by atoms with Crippen LogP contribution < -0.4 is 24.8 Å². The third-order valence-electron chi connectivity index (χ3n) is 7.27. The van der Waals surface area contributed by atoms with Gasteiger partial charge in [-0.2, -0.15) is 23.8 Å². The minimum atomic E-state index is 0. The monoisotopic (exact) mass is 625 g/mol. The third kappa shape index (κ3) is 7.07. The van der Waals surface area contributed by atoms with Crippen molar-refractivity contribution in [3.8, 4) is 11.1 Å². The van der Waals surface area contributed by atoms with Gasteiger partial charge in [0.25, 0.3) is 0 Å². The molecule has 0 bridgehead atoms. The van der Waals surface area contributed by atoms with Crippen molar-refractivity contribution >= 4 is 3.21 Å². The average molecular weight is 628 g/mol. The maximum absolute atomic E-state index is 3.73. The molecule has 0 aromatic heterocycles. The van der Waals surface area contributed by atoms with Crippen molar-refractivity contribution < 1.29 is 49.0 Å². The first-order chi connectivity index (χ1) is 17.8. The second-order valence-electron chi connectivity index (χ2n) is 11.0. The van der Waals surface area contributed by atoms with Gasteiger partial charge >= 0.3 is 99.2 Å². The van der Waals surface area contributed by atoms with Crippen LogP contribution in [-0.4, -0.2) is 3.21 Å². The quantitative estimate of drug-likeness (QED) is 0.270. The van der Waals surface area contributed by atoms with Gasteiger partial charge in [-0.3, -0.25) is 0 Å². The van der Waals surface area contributed by atoms with Gasteiger partial charge in [-0.1, -0.05) is 73.9 Å². The number of halogens is 2. The molecular formula is C36H33Cl2Zr-. The molecule has 39 heavy (non-hydrogen) atoms. The van der Waals surface area contributed by atoms with Gasteiger partial charge in [0.05, 0.1) is 0 Å². The van der Waals surface area contributed by atoms with Gasteiger partial charge in [-0.25, -0.2) is 0 Å². The van der Waals surface area contributed by atoms with Crippen molar-refractivity contribution in [3.63, 3.8) is 0 Å². The normalized spacial score (nSPS) is 14.9. The average Bonchev–Trinajstić information content (AvgIpc) is 3.50. The van der Waals surface area contributed by atoms with Crippen molar-refractivity contribution in [2.75, 3.05) is 0 Å². The molecule has 2 aliphatic carbocycles. The van der Waals surface area contributed by atoms with Crippen molar-refractivity contribution in [2.45, 2.75) is 40.0 Å². The predicted octanol–water partition coefficient (Wildman–Crippen LogP) is 2.88. The summed E-state index contributed by atoms with van der Waals surface area (Å²) in [5.41, 5.74) is 12.6. The Balaban J connectivity index is 0.000000228. The summed E-state index contributed by atoms with van der Waals surface area (Å²) in [6.45, 7) is 9.10. The Bertz CT molecular complexity index is 1450. The Morgan fingerprint density at radius 1 is 0.744 bits per heavy atom. The SMILES string of the molecule is CC1=CC(C(C)(C)C)=CC1c1[c-]c2c(cc1)-c1ccccc1C2.[Cl-].[Cl-].[Zr+2]=[C](c1ccccc1)c1ccccc1. The number of hydrogen-bond donors (Lipinski definition) is 0. The van der Waals surface area contributed by atoms with Gasteiger partial charge in [0.15, 0.2) is 0 Å². The summed E-state index contributed by atoms with van der Waals surface area (Å²) in [6, 6.07) is 38.1. The predicted molar refractivity (Wildman–Crippen MR) is 154 cm³/mol. The second kappa shape index (κ2) is 13.4. The van der Waals surface area contributed by atoms with Crippen LogP contribution in [0.2, 0.25) is 0 Å². The fourth-order valence-corrected chi connectivity index (χ4v) is 5.95. The second-order valence-corrected chi connectivity index (χ2v) is 12.2. The number of rotatable bonds is 3. The zero-order valence-corrected chi connectivity index (χ0v) is 26.9. The van der Waals surface area contributed by atoms with Crippen LogP contribution in [0.1, 0.15) is 61.4 Å². The fraction of sp³-hybridized carbons (Fsp3) is 0.194. The molecule has 2 aliphatic rings. The van der Waals surface area contributed by atoms with E-state index < -0.39 is 0 Å². The van der Waals surface area contributed by atoms with Crippen LogP contribution >= 0.6 is 0 Å². The molecule has 196 valence electrons. The van der Waals surface area contributed by atoms with Gasteiger partial charge in [0.1, 0.15) is 0 Å². The third-order valence-corrected chi connectivity index (χ3v) is 8.69. The zero-order valence-electron chi connectivity index (χ0n) is 22.9. The summed E-state index contributed by atoms with van der Waals surface area (Å²) < 4.78 is 1.42. The summed E-state index contributed by atoms with van der Waals surface area (Å²) in [6.07, 6.45) is 5.81. The molecule has 6 rings (SSSR count). The van der Waals surface area contributed by atoms with E-state index in [2.05, 4.69) is 143 Å². The van der Waals surface area contributed by atoms with Gasteiger partial charge < -0.3 is 24.8 Å². The van der Waals surface area contributed by atoms with Crippen molar-refractivity contribution in [1.82, 2.24) is 0 Å². The fourth-order valence-electron chi connectivity index (χ4n) is 5.13. The molecule has 0 amide bonds. The topological polar surface area (TPSA) is 0 Å². The molecule has 3 heteroatoms. The Hall–Kier alpha value is -2.31. The van der Waals surface area contributed by atoms with E-state index in [1.165, 1.54) is 77.5 Å². The van der Waals surface area contributed by atoms with Gasteiger partial charge in [-0.15, -0.1) is 11.1 Å². The van der Waals surface area contributed by atoms with Crippen LogP contribution in [0.3, 0.4) is 0 Å². The van der Waals surface area contributed by atoms with E-state index in [4.69, 9.17) is 0 Å². The first kappa shape index (κ1) is 31.2. The molecule has 0 spiro atoms. The Kier molecular flexibility index (Phi) is 10.7. The summed E-state index contributed by atoms with van der Waals surface area (Å²) in [5.74, 6) is 0.387. The van der Waals surface area contributed by atoms with Crippen molar-refractivity contribution in [1.29, 1.82) is 0 Å². The zero-order chi connectivity index (χ0) is 26.0. The number of allylic oxidation sites excluding steroid dienone is 4. The van der Waals surface area contributed by atoms with Gasteiger partial charge in [0.2, 0.25) is 0 Å². The maximum atomic E-state index is 3.73. The molecule has 1 atom stereocenters. The molecule has 1 unspecified atom stereocenters. The molecule has 0 fully saturated rings. The standard InChI is InChI=1S/C23H23.C13H10.2ClH.Zr/c1-15-11-19(23(2,3)4)14-22(15)17-9-10-21-18(13-17)12-16-7-5-6-8-20(16)21;1-3-7-12(8-4-1)11-13-9-5-2-6-10-13;;;/h5-11,14,22H,12H2,1-4H3;1-10H;2*1H;/q-1;;;;+2/p-2. The van der Waals surface area contributed by atoms with Crippen LogP contribution in [0.25, 0.3) is 11.1 Å². The van der Waals surface area contributed by atoms with Crippen LogP contribution in [0.5, 0.6) is 0 Å². The molecule has 4 aromatic carbocycles. The van der Waals surface area contributed by atoms with Gasteiger partial charge in [-0.05, 0) is 24.3 Å². The van der Waals surface area contributed by atoms with Crippen LogP contribution in [0.15, 0.2) is 120 Å². The van der Waals surface area contributed by atoms with E-state index in [1.54, 1.807) is 0 Å². The Morgan fingerprint density at radius 2 is 1.31 bits per heavy atom. The van der Waals surface area contributed by atoms with E-state index >= 15 is 0 Å². The number of fused-ring (bicyclic) bond motifs is 3. The Morgan fingerprint density at radius 3 is 1.87 bits per heavy atom. The van der Waals surface area contributed by atoms with Gasteiger partial charge in [0, 0.05) is 5.92 Å². The first-order valence-corrected chi connectivity index (χ1v) is 14.3. The molecule has 0 heterocycles. The minimum absolute atomic E-state index is 0. The number of hydrogen-bond acceptors (Lipinski definition) is 0. The van der Waals surface area contributed by atoms with Crippen molar-refractivity contribution in [2.24, 2.45) is 5.41 Å². The summed E-state index contributed by atoms with van der Waals surface area (Å²) in [4.78, 5) is 0. The van der Waals surface area contributed by atoms with Crippen molar-refractivity contribution in [3.05, 3.63) is 154 Å². The summed E-state index contributed by atoms with van der Waals surface area (Å²) >= 11 is 1.46. The molecule has 0 saturated carbocycles.